The molecule has 0 amide bonds. The van der Waals surface area contributed by atoms with E-state index < -0.39 is 0 Å². The maximum Gasteiger partial charge on any atom is 0.235 e. The topological polar surface area (TPSA) is 30.7 Å². The molecule has 3 heteroatoms. The molecule has 11 rings (SSSR count). The number of nitrogens with zero attached hydrogens (tertiary/aromatic N) is 3. The van der Waals surface area contributed by atoms with Gasteiger partial charge in [-0.15, -0.1) is 0 Å². The van der Waals surface area contributed by atoms with Gasteiger partial charge in [-0.05, 0) is 67.7 Å². The van der Waals surface area contributed by atoms with Crippen LogP contribution in [0.15, 0.2) is 164 Å². The summed E-state index contributed by atoms with van der Waals surface area (Å²) in [6.07, 6.45) is 0. The predicted octanol–water partition coefficient (Wildman–Crippen LogP) is 12.7. The van der Waals surface area contributed by atoms with Crippen molar-refractivity contribution in [2.45, 2.75) is 19.3 Å². The lowest BCUT2D eigenvalue weighted by Gasteiger charge is -2.21. The van der Waals surface area contributed by atoms with Crippen molar-refractivity contribution in [3.8, 4) is 39.5 Å². The second-order valence-corrected chi connectivity index (χ2v) is 14.6. The van der Waals surface area contributed by atoms with E-state index in [1.807, 2.05) is 0 Å². The minimum absolute atomic E-state index is 0.151. The maximum absolute atomic E-state index is 5.52. The van der Waals surface area contributed by atoms with E-state index in [4.69, 9.17) is 9.97 Å². The Morgan fingerprint density at radius 3 is 1.83 bits per heavy atom. The largest absolute Gasteiger partial charge is 0.277 e. The third kappa shape index (κ3) is 4.02. The molecule has 1 aliphatic carbocycles. The molecule has 0 aliphatic heterocycles. The van der Waals surface area contributed by atoms with Gasteiger partial charge in [0.2, 0.25) is 5.95 Å². The zero-order valence-corrected chi connectivity index (χ0v) is 28.9. The van der Waals surface area contributed by atoms with Crippen LogP contribution in [0.3, 0.4) is 0 Å². The Morgan fingerprint density at radius 2 is 1.04 bits per heavy atom. The van der Waals surface area contributed by atoms with Crippen molar-refractivity contribution in [1.82, 2.24) is 14.5 Å². The molecule has 0 fully saturated rings. The Balaban J connectivity index is 1.28. The van der Waals surface area contributed by atoms with Gasteiger partial charge in [-0.25, -0.2) is 9.97 Å². The molecule has 244 valence electrons. The van der Waals surface area contributed by atoms with Crippen LogP contribution in [0.4, 0.5) is 0 Å². The van der Waals surface area contributed by atoms with E-state index in [0.717, 1.165) is 33.2 Å². The molecule has 0 saturated heterocycles. The van der Waals surface area contributed by atoms with Gasteiger partial charge in [0.15, 0.2) is 0 Å². The van der Waals surface area contributed by atoms with Crippen LogP contribution in [0.2, 0.25) is 0 Å². The predicted molar refractivity (Wildman–Crippen MR) is 217 cm³/mol. The molecule has 2 heterocycles. The van der Waals surface area contributed by atoms with Gasteiger partial charge in [0, 0.05) is 32.5 Å². The number of hydrogen-bond donors (Lipinski definition) is 0. The number of hydrogen-bond acceptors (Lipinski definition) is 2. The highest BCUT2D eigenvalue weighted by molar-refractivity contribution is 6.32. The van der Waals surface area contributed by atoms with Crippen molar-refractivity contribution in [3.63, 3.8) is 0 Å². The Labute approximate surface area is 301 Å². The van der Waals surface area contributed by atoms with E-state index >= 15 is 0 Å². The molecule has 0 saturated carbocycles. The number of aromatic nitrogens is 3. The Hall–Kier alpha value is -6.58. The van der Waals surface area contributed by atoms with E-state index in [0.29, 0.717) is 5.95 Å². The fourth-order valence-corrected chi connectivity index (χ4v) is 8.91. The third-order valence-corrected chi connectivity index (χ3v) is 11.4. The molecule has 0 bridgehead atoms. The lowest BCUT2D eigenvalue weighted by atomic mass is 9.82. The molecule has 10 aromatic rings. The van der Waals surface area contributed by atoms with Crippen molar-refractivity contribution < 1.29 is 0 Å². The molecular formula is C49H33N3. The van der Waals surface area contributed by atoms with Gasteiger partial charge in [-0.1, -0.05) is 159 Å². The Bertz CT molecular complexity index is 3080. The fourth-order valence-electron chi connectivity index (χ4n) is 8.91. The van der Waals surface area contributed by atoms with E-state index in [9.17, 15) is 0 Å². The number of benzene rings is 8. The summed E-state index contributed by atoms with van der Waals surface area (Å²) in [4.78, 5) is 10.9. The first-order chi connectivity index (χ1) is 25.6. The number of para-hydroxylation sites is 1. The maximum atomic E-state index is 5.52. The Kier molecular flexibility index (Phi) is 6.01. The number of fused-ring (bicyclic) bond motifs is 12. The van der Waals surface area contributed by atoms with Gasteiger partial charge in [0.05, 0.1) is 22.2 Å². The van der Waals surface area contributed by atoms with E-state index in [1.54, 1.807) is 0 Å². The van der Waals surface area contributed by atoms with Gasteiger partial charge in [-0.3, -0.25) is 4.57 Å². The summed E-state index contributed by atoms with van der Waals surface area (Å²) < 4.78 is 2.35. The van der Waals surface area contributed by atoms with Crippen LogP contribution in [0.5, 0.6) is 0 Å². The number of rotatable bonds is 3. The lowest BCUT2D eigenvalue weighted by molar-refractivity contribution is 0.661. The van der Waals surface area contributed by atoms with Crippen molar-refractivity contribution in [1.29, 1.82) is 0 Å². The summed E-state index contributed by atoms with van der Waals surface area (Å²) in [5.74, 6) is 0.675. The van der Waals surface area contributed by atoms with Crippen LogP contribution in [-0.2, 0) is 5.41 Å². The minimum Gasteiger partial charge on any atom is -0.277 e. The third-order valence-electron chi connectivity index (χ3n) is 11.4. The average molecular weight is 664 g/mol. The highest BCUT2D eigenvalue weighted by Crippen LogP contribution is 2.52. The summed E-state index contributed by atoms with van der Waals surface area (Å²) in [5, 5.41) is 8.40. The van der Waals surface area contributed by atoms with Crippen molar-refractivity contribution >= 4 is 54.3 Å². The van der Waals surface area contributed by atoms with Crippen LogP contribution < -0.4 is 0 Å². The normalized spacial score (nSPS) is 13.3. The first-order valence-electron chi connectivity index (χ1n) is 18.0. The first-order valence-corrected chi connectivity index (χ1v) is 18.0. The molecule has 0 atom stereocenters. The molecule has 52 heavy (non-hydrogen) atoms. The van der Waals surface area contributed by atoms with Crippen molar-refractivity contribution in [2.24, 2.45) is 0 Å². The molecule has 0 radical (unpaired) electrons. The van der Waals surface area contributed by atoms with Crippen molar-refractivity contribution in [2.75, 3.05) is 0 Å². The second-order valence-electron chi connectivity index (χ2n) is 14.6. The molecule has 1 aliphatic rings. The highest BCUT2D eigenvalue weighted by atomic mass is 15.2. The van der Waals surface area contributed by atoms with Crippen LogP contribution in [0, 0.1) is 0 Å². The minimum atomic E-state index is -0.151. The summed E-state index contributed by atoms with van der Waals surface area (Å²) in [5.41, 5.74) is 12.7. The lowest BCUT2D eigenvalue weighted by Crippen LogP contribution is -2.15. The van der Waals surface area contributed by atoms with Crippen LogP contribution >= 0.6 is 0 Å². The summed E-state index contributed by atoms with van der Waals surface area (Å²) >= 11 is 0. The van der Waals surface area contributed by atoms with E-state index in [1.165, 1.54) is 65.7 Å². The summed E-state index contributed by atoms with van der Waals surface area (Å²) in [6, 6.07) is 59.2. The smallest absolute Gasteiger partial charge is 0.235 e. The molecule has 8 aromatic carbocycles. The fraction of sp³-hybridized carbons (Fsp3) is 0.0612. The quantitative estimate of drug-likeness (QED) is 0.176. The van der Waals surface area contributed by atoms with Gasteiger partial charge in [0.25, 0.3) is 0 Å². The molecule has 3 nitrogen and oxygen atoms in total. The SMILES string of the molecule is CC1(C)c2ccccc2-c2cc3c4c5ccccc5c5ccccc5c4n(-c4nc(-c5ccc(-c6ccccc6)cc5)c5ccccc5n4)c3cc21. The van der Waals surface area contributed by atoms with Crippen LogP contribution in [-0.4, -0.2) is 14.5 Å². The summed E-state index contributed by atoms with van der Waals surface area (Å²) in [6.45, 7) is 4.70. The second kappa shape index (κ2) is 10.7. The average Bonchev–Trinajstić information content (AvgIpc) is 3.66. The van der Waals surface area contributed by atoms with Gasteiger partial charge in [0.1, 0.15) is 0 Å². The van der Waals surface area contributed by atoms with E-state index in [-0.39, 0.29) is 5.41 Å². The monoisotopic (exact) mass is 663 g/mol. The van der Waals surface area contributed by atoms with E-state index in [2.05, 4.69) is 182 Å². The molecule has 0 spiro atoms. The van der Waals surface area contributed by atoms with Crippen LogP contribution in [0.1, 0.15) is 25.0 Å². The molecular weight excluding hydrogens is 631 g/mol. The van der Waals surface area contributed by atoms with Gasteiger partial charge >= 0.3 is 0 Å². The van der Waals surface area contributed by atoms with Gasteiger partial charge < -0.3 is 0 Å². The zero-order valence-electron chi connectivity index (χ0n) is 28.9. The zero-order chi connectivity index (χ0) is 34.6. The molecule has 0 N–H and O–H groups in total. The van der Waals surface area contributed by atoms with Crippen LogP contribution in [0.25, 0.3) is 93.7 Å². The first kappa shape index (κ1) is 29.2. The molecule has 2 aromatic heterocycles. The summed E-state index contributed by atoms with van der Waals surface area (Å²) in [7, 11) is 0. The molecule has 0 unspecified atom stereocenters. The van der Waals surface area contributed by atoms with Gasteiger partial charge in [-0.2, -0.15) is 0 Å². The standard InChI is InChI=1S/C49H33N3/c1-49(2)41-22-12-10-18-35(41)39-28-40-44(29-42(39)49)52(47-37-20-9-7-17-34(37)33-16-6-8-19-36(33)45(40)47)48-50-43-23-13-11-21-38(43)46(51-48)32-26-24-31(25-27-32)30-14-4-3-5-15-30/h3-29H,1-2H3. The Morgan fingerprint density at radius 1 is 0.442 bits per heavy atom. The van der Waals surface area contributed by atoms with Crippen molar-refractivity contribution in [3.05, 3.63) is 175 Å². The highest BCUT2D eigenvalue weighted by Gasteiger charge is 2.36.